The fraction of sp³-hybridized carbons (Fsp3) is 0.381. The molecular weight excluding hydrogens is 360 g/mol. The number of aryl methyl sites for hydroxylation is 2. The molecule has 1 aliphatic heterocycles. The molecule has 1 fully saturated rings. The summed E-state index contributed by atoms with van der Waals surface area (Å²) in [4.78, 5) is 12.8. The van der Waals surface area contributed by atoms with Crippen LogP contribution in [0.15, 0.2) is 47.4 Å². The highest BCUT2D eigenvalue weighted by atomic mass is 32.2. The van der Waals surface area contributed by atoms with Crippen molar-refractivity contribution in [3.05, 3.63) is 59.2 Å². The molecule has 6 heteroatoms. The van der Waals surface area contributed by atoms with E-state index in [0.717, 1.165) is 24.0 Å². The standard InChI is InChI=1S/C21H26N2O3S/c1-15-7-9-23(10-8-15)27(25,26)20-6-4-5-18(14-20)21(24)22-19-12-16(2)11-17(3)13-19/h4-6,11-15H,7-10H2,1-3H3,(H,22,24). The quantitative estimate of drug-likeness (QED) is 0.864. The van der Waals surface area contributed by atoms with Crippen molar-refractivity contribution in [2.75, 3.05) is 18.4 Å². The Hall–Kier alpha value is -2.18. The molecular formula is C21H26N2O3S. The van der Waals surface area contributed by atoms with Crippen LogP contribution in [0.2, 0.25) is 0 Å². The first kappa shape index (κ1) is 19.6. The van der Waals surface area contributed by atoms with Crippen LogP contribution >= 0.6 is 0 Å². The Morgan fingerprint density at radius 2 is 1.67 bits per heavy atom. The first-order chi connectivity index (χ1) is 12.8. The molecule has 0 bridgehead atoms. The smallest absolute Gasteiger partial charge is 0.255 e. The van der Waals surface area contributed by atoms with Crippen LogP contribution in [0.3, 0.4) is 0 Å². The minimum Gasteiger partial charge on any atom is -0.322 e. The molecule has 1 amide bonds. The van der Waals surface area contributed by atoms with Crippen LogP contribution in [0, 0.1) is 19.8 Å². The fourth-order valence-corrected chi connectivity index (χ4v) is 4.94. The molecule has 1 heterocycles. The van der Waals surface area contributed by atoms with Crippen LogP contribution in [-0.4, -0.2) is 31.7 Å². The Balaban J connectivity index is 1.81. The molecule has 2 aromatic rings. The van der Waals surface area contributed by atoms with E-state index in [1.54, 1.807) is 18.2 Å². The Morgan fingerprint density at radius 3 is 2.30 bits per heavy atom. The Kier molecular flexibility index (Phi) is 5.67. The lowest BCUT2D eigenvalue weighted by Crippen LogP contribution is -2.37. The molecule has 1 aliphatic rings. The first-order valence-electron chi connectivity index (χ1n) is 9.25. The number of carbonyl (C=O) groups excluding carboxylic acids is 1. The van der Waals surface area contributed by atoms with E-state index in [4.69, 9.17) is 0 Å². The highest BCUT2D eigenvalue weighted by Crippen LogP contribution is 2.24. The van der Waals surface area contributed by atoms with Crippen molar-refractivity contribution < 1.29 is 13.2 Å². The third kappa shape index (κ3) is 4.57. The molecule has 1 saturated heterocycles. The number of nitrogens with zero attached hydrogens (tertiary/aromatic N) is 1. The average molecular weight is 387 g/mol. The SMILES string of the molecule is Cc1cc(C)cc(NC(=O)c2cccc(S(=O)(=O)N3CCC(C)CC3)c2)c1. The minimum absolute atomic E-state index is 0.171. The van der Waals surface area contributed by atoms with Gasteiger partial charge in [-0.3, -0.25) is 4.79 Å². The Labute approximate surface area is 161 Å². The zero-order valence-corrected chi connectivity index (χ0v) is 16.8. The number of nitrogens with one attached hydrogen (secondary N) is 1. The van der Waals surface area contributed by atoms with Crippen LogP contribution in [0.4, 0.5) is 5.69 Å². The van der Waals surface area contributed by atoms with Crippen molar-refractivity contribution >= 4 is 21.6 Å². The summed E-state index contributed by atoms with van der Waals surface area (Å²) in [6.45, 7) is 7.14. The van der Waals surface area contributed by atoms with Crippen molar-refractivity contribution in [3.8, 4) is 0 Å². The maximum atomic E-state index is 12.9. The topological polar surface area (TPSA) is 66.5 Å². The predicted molar refractivity (Wildman–Crippen MR) is 107 cm³/mol. The molecule has 0 saturated carbocycles. The van der Waals surface area contributed by atoms with Crippen molar-refractivity contribution in [1.29, 1.82) is 0 Å². The second-order valence-corrected chi connectivity index (χ2v) is 9.38. The number of piperidine rings is 1. The van der Waals surface area contributed by atoms with Gasteiger partial charge in [0.05, 0.1) is 4.90 Å². The number of hydrogen-bond donors (Lipinski definition) is 1. The number of sulfonamides is 1. The summed E-state index contributed by atoms with van der Waals surface area (Å²) in [5.41, 5.74) is 3.15. The Morgan fingerprint density at radius 1 is 1.04 bits per heavy atom. The molecule has 0 unspecified atom stereocenters. The molecule has 0 spiro atoms. The van der Waals surface area contributed by atoms with E-state index in [-0.39, 0.29) is 10.8 Å². The van der Waals surface area contributed by atoms with Crippen LogP contribution in [0.5, 0.6) is 0 Å². The van der Waals surface area contributed by atoms with E-state index in [1.165, 1.54) is 10.4 Å². The van der Waals surface area contributed by atoms with Gasteiger partial charge >= 0.3 is 0 Å². The van der Waals surface area contributed by atoms with Crippen molar-refractivity contribution in [3.63, 3.8) is 0 Å². The van der Waals surface area contributed by atoms with Crippen LogP contribution < -0.4 is 5.32 Å². The van der Waals surface area contributed by atoms with Gasteiger partial charge in [0, 0.05) is 24.3 Å². The fourth-order valence-electron chi connectivity index (χ4n) is 3.42. The largest absolute Gasteiger partial charge is 0.322 e. The van der Waals surface area contributed by atoms with Gasteiger partial charge in [-0.05, 0) is 74.1 Å². The van der Waals surface area contributed by atoms with Gasteiger partial charge in [0.25, 0.3) is 5.91 Å². The Bertz CT molecular complexity index is 925. The van der Waals surface area contributed by atoms with Crippen LogP contribution in [0.25, 0.3) is 0 Å². The van der Waals surface area contributed by atoms with E-state index in [9.17, 15) is 13.2 Å². The van der Waals surface area contributed by atoms with E-state index < -0.39 is 10.0 Å². The maximum Gasteiger partial charge on any atom is 0.255 e. The first-order valence-corrected chi connectivity index (χ1v) is 10.7. The molecule has 0 aromatic heterocycles. The summed E-state index contributed by atoms with van der Waals surface area (Å²) >= 11 is 0. The minimum atomic E-state index is -3.57. The monoisotopic (exact) mass is 386 g/mol. The number of carbonyl (C=O) groups is 1. The van der Waals surface area contributed by atoms with Crippen molar-refractivity contribution in [2.24, 2.45) is 5.92 Å². The van der Waals surface area contributed by atoms with Gasteiger partial charge in [-0.1, -0.05) is 19.1 Å². The third-order valence-electron chi connectivity index (χ3n) is 4.96. The lowest BCUT2D eigenvalue weighted by molar-refractivity contribution is 0.102. The van der Waals surface area contributed by atoms with E-state index in [2.05, 4.69) is 12.2 Å². The van der Waals surface area contributed by atoms with Gasteiger partial charge in [0.1, 0.15) is 0 Å². The van der Waals surface area contributed by atoms with Gasteiger partial charge in [-0.25, -0.2) is 8.42 Å². The van der Waals surface area contributed by atoms with Gasteiger partial charge in [0.15, 0.2) is 0 Å². The number of benzene rings is 2. The highest BCUT2D eigenvalue weighted by Gasteiger charge is 2.28. The lowest BCUT2D eigenvalue weighted by atomic mass is 10.0. The summed E-state index contributed by atoms with van der Waals surface area (Å²) in [6.07, 6.45) is 1.73. The van der Waals surface area contributed by atoms with E-state index in [1.807, 2.05) is 32.0 Å². The number of rotatable bonds is 4. The van der Waals surface area contributed by atoms with E-state index in [0.29, 0.717) is 30.3 Å². The maximum absolute atomic E-state index is 12.9. The predicted octanol–water partition coefficient (Wildman–Crippen LogP) is 3.98. The summed E-state index contributed by atoms with van der Waals surface area (Å²) in [5, 5.41) is 2.86. The van der Waals surface area contributed by atoms with Crippen LogP contribution in [0.1, 0.15) is 41.3 Å². The second-order valence-electron chi connectivity index (χ2n) is 7.44. The zero-order valence-electron chi connectivity index (χ0n) is 16.0. The van der Waals surface area contributed by atoms with Crippen molar-refractivity contribution in [1.82, 2.24) is 4.31 Å². The summed E-state index contributed by atoms with van der Waals surface area (Å²) < 4.78 is 27.3. The zero-order chi connectivity index (χ0) is 19.6. The van der Waals surface area contributed by atoms with Gasteiger partial charge < -0.3 is 5.32 Å². The number of anilines is 1. The molecule has 5 nitrogen and oxygen atoms in total. The number of hydrogen-bond acceptors (Lipinski definition) is 3. The normalized spacial score (nSPS) is 16.3. The van der Waals surface area contributed by atoms with Crippen molar-refractivity contribution in [2.45, 2.75) is 38.5 Å². The highest BCUT2D eigenvalue weighted by molar-refractivity contribution is 7.89. The number of amides is 1. The second kappa shape index (κ2) is 7.82. The molecule has 144 valence electrons. The molecule has 3 rings (SSSR count). The van der Waals surface area contributed by atoms with Gasteiger partial charge in [-0.15, -0.1) is 0 Å². The van der Waals surface area contributed by atoms with Crippen LogP contribution in [-0.2, 0) is 10.0 Å². The molecule has 27 heavy (non-hydrogen) atoms. The van der Waals surface area contributed by atoms with Gasteiger partial charge in [-0.2, -0.15) is 4.31 Å². The summed E-state index contributed by atoms with van der Waals surface area (Å²) in [7, 11) is -3.57. The lowest BCUT2D eigenvalue weighted by Gasteiger charge is -2.29. The third-order valence-corrected chi connectivity index (χ3v) is 6.85. The van der Waals surface area contributed by atoms with Gasteiger partial charge in [0.2, 0.25) is 10.0 Å². The molecule has 0 atom stereocenters. The average Bonchev–Trinajstić information content (AvgIpc) is 2.61. The molecule has 0 radical (unpaired) electrons. The summed E-state index contributed by atoms with van der Waals surface area (Å²) in [6, 6.07) is 12.1. The molecule has 0 aliphatic carbocycles. The molecule has 1 N–H and O–H groups in total. The summed E-state index contributed by atoms with van der Waals surface area (Å²) in [5.74, 6) is 0.232. The molecule has 2 aromatic carbocycles. The van der Waals surface area contributed by atoms with E-state index >= 15 is 0 Å².